The van der Waals surface area contributed by atoms with Crippen LogP contribution >= 0.6 is 0 Å². The minimum atomic E-state index is -0.381. The number of hydrogen-bond acceptors (Lipinski definition) is 4. The molecule has 9 rings (SSSR count). The molecule has 1 aliphatic heterocycles. The maximum Gasteiger partial charge on any atom is 0.137 e. The fourth-order valence-electron chi connectivity index (χ4n) is 9.72. The van der Waals surface area contributed by atoms with Crippen LogP contribution in [0.2, 0.25) is 0 Å². The zero-order chi connectivity index (χ0) is 48.6. The molecule has 0 fully saturated rings. The fourth-order valence-corrected chi connectivity index (χ4v) is 9.72. The van der Waals surface area contributed by atoms with Gasteiger partial charge in [0.15, 0.2) is 0 Å². The van der Waals surface area contributed by atoms with Crippen LogP contribution in [0.5, 0.6) is 11.5 Å². The van der Waals surface area contributed by atoms with E-state index >= 15 is 0 Å². The molecule has 5 nitrogen and oxygen atoms in total. The van der Waals surface area contributed by atoms with E-state index < -0.39 is 0 Å². The highest BCUT2D eigenvalue weighted by atomic mass is 16.5. The van der Waals surface area contributed by atoms with Gasteiger partial charge in [0.2, 0.25) is 0 Å². The predicted molar refractivity (Wildman–Crippen MR) is 289 cm³/mol. The number of fused-ring (bicyclic) bond motifs is 3. The van der Waals surface area contributed by atoms with E-state index in [0.717, 1.165) is 45.2 Å². The highest BCUT2D eigenvalue weighted by molar-refractivity contribution is 6.11. The Morgan fingerprint density at radius 3 is 1.71 bits per heavy atom. The summed E-state index contributed by atoms with van der Waals surface area (Å²) in [5.41, 5.74) is 13.7. The van der Waals surface area contributed by atoms with Crippen LogP contribution in [0, 0.1) is 5.41 Å². The molecule has 0 saturated carbocycles. The molecule has 0 atom stereocenters. The van der Waals surface area contributed by atoms with Gasteiger partial charge in [-0.15, -0.1) is 0 Å². The number of para-hydroxylation sites is 1. The summed E-state index contributed by atoms with van der Waals surface area (Å²) in [6.07, 6.45) is 4.32. The smallest absolute Gasteiger partial charge is 0.137 e. The Kier molecular flexibility index (Phi) is 11.5. The zero-order valence-corrected chi connectivity index (χ0v) is 42.9. The molecule has 1 aliphatic rings. The molecule has 0 amide bonds. The highest BCUT2D eigenvalue weighted by Gasteiger charge is 2.34. The first-order valence-corrected chi connectivity index (χ1v) is 24.4. The quantitative estimate of drug-likeness (QED) is 0.152. The number of nitrogens with zero attached hydrogens (tertiary/aromatic N) is 4. The number of anilines is 2. The van der Waals surface area contributed by atoms with Crippen molar-refractivity contribution in [2.24, 2.45) is 5.41 Å². The van der Waals surface area contributed by atoms with Crippen molar-refractivity contribution in [3.05, 3.63) is 192 Å². The maximum atomic E-state index is 7.33. The van der Waals surface area contributed by atoms with E-state index in [4.69, 9.17) is 9.72 Å². The lowest BCUT2D eigenvalue weighted by molar-refractivity contribution is 0.479. The standard InChI is InChI=1S/C63H70N4O/c1-59(2,3)45-29-30-64-57(36-45)67-54-28-22-21-27-52(54)58-53(63(13,14)44-25-19-16-20-26-44)38-51(39-55(58)67)68-50-32-43(42-23-17-15-18-24-42)31-49(37-50)66-41-65(40-56(66)62(10,11)12)48-34-46(60(4,5)6)33-47(35-48)61(7,8)9/h15-40H,41H2,1-14H3. The molecule has 2 aromatic heterocycles. The van der Waals surface area contributed by atoms with Gasteiger partial charge in [-0.3, -0.25) is 4.57 Å². The first-order chi connectivity index (χ1) is 32.0. The monoisotopic (exact) mass is 899 g/mol. The van der Waals surface area contributed by atoms with Crippen molar-refractivity contribution in [2.75, 3.05) is 16.5 Å². The molecule has 3 heterocycles. The zero-order valence-electron chi connectivity index (χ0n) is 42.9. The van der Waals surface area contributed by atoms with Gasteiger partial charge >= 0.3 is 0 Å². The Morgan fingerprint density at radius 1 is 0.471 bits per heavy atom. The second-order valence-electron chi connectivity index (χ2n) is 23.6. The molecule has 0 saturated heterocycles. The van der Waals surface area contributed by atoms with Gasteiger partial charge in [-0.05, 0) is 104 Å². The molecule has 0 radical (unpaired) electrons. The lowest BCUT2D eigenvalue weighted by Crippen LogP contribution is -2.31. The second-order valence-corrected chi connectivity index (χ2v) is 23.6. The SMILES string of the molecule is CC(C)(C)C1=CN(c2cc(C(C)(C)C)cc(C(C)(C)C)c2)CN1c1cc(Oc2cc(C(C)(C)c3ccccc3)c3c4ccccc4n(-c4cc(C(C)(C)C)ccn4)c3c2)cc(-c2ccccc2)c1. The molecule has 0 bridgehead atoms. The maximum absolute atomic E-state index is 7.33. The minimum absolute atomic E-state index is 0.00275. The van der Waals surface area contributed by atoms with Gasteiger partial charge < -0.3 is 14.5 Å². The van der Waals surface area contributed by atoms with Crippen LogP contribution in [-0.4, -0.2) is 16.2 Å². The topological polar surface area (TPSA) is 33.5 Å². The summed E-state index contributed by atoms with van der Waals surface area (Å²) in [5.74, 6) is 2.43. The average molecular weight is 899 g/mol. The number of ether oxygens (including phenoxy) is 1. The summed E-state index contributed by atoms with van der Waals surface area (Å²) in [4.78, 5) is 9.98. The van der Waals surface area contributed by atoms with Crippen LogP contribution in [0.15, 0.2) is 164 Å². The number of pyridine rings is 1. The van der Waals surface area contributed by atoms with E-state index in [0.29, 0.717) is 6.67 Å². The van der Waals surface area contributed by atoms with E-state index in [-0.39, 0.29) is 27.1 Å². The molecule has 0 N–H and O–H groups in total. The largest absolute Gasteiger partial charge is 0.457 e. The summed E-state index contributed by atoms with van der Waals surface area (Å²) in [7, 11) is 0. The van der Waals surface area contributed by atoms with Crippen LogP contribution in [0.4, 0.5) is 11.4 Å². The highest BCUT2D eigenvalue weighted by Crippen LogP contribution is 2.47. The summed E-state index contributed by atoms with van der Waals surface area (Å²) in [6.45, 7) is 32.9. The molecule has 68 heavy (non-hydrogen) atoms. The van der Waals surface area contributed by atoms with Gasteiger partial charge in [0, 0.05) is 63.2 Å². The normalized spacial score (nSPS) is 14.0. The van der Waals surface area contributed by atoms with E-state index in [1.807, 2.05) is 6.20 Å². The molecule has 8 aromatic rings. The molecule has 0 aliphatic carbocycles. The van der Waals surface area contributed by atoms with Crippen molar-refractivity contribution in [3.63, 3.8) is 0 Å². The Bertz CT molecular complexity index is 3150. The van der Waals surface area contributed by atoms with Gasteiger partial charge in [0.1, 0.15) is 17.3 Å². The lowest BCUT2D eigenvalue weighted by atomic mass is 9.76. The van der Waals surface area contributed by atoms with Crippen molar-refractivity contribution in [1.29, 1.82) is 0 Å². The molecule has 348 valence electrons. The van der Waals surface area contributed by atoms with Gasteiger partial charge in [-0.2, -0.15) is 0 Å². The Labute approximate surface area is 406 Å². The fraction of sp³-hybridized carbons (Fsp3) is 0.317. The number of rotatable bonds is 8. The number of benzene rings is 6. The Morgan fingerprint density at radius 2 is 1.07 bits per heavy atom. The van der Waals surface area contributed by atoms with Crippen LogP contribution in [0.1, 0.15) is 125 Å². The lowest BCUT2D eigenvalue weighted by Gasteiger charge is -2.32. The van der Waals surface area contributed by atoms with E-state index in [9.17, 15) is 0 Å². The molecule has 0 unspecified atom stereocenters. The Hall–Kier alpha value is -6.59. The van der Waals surface area contributed by atoms with Crippen molar-refractivity contribution >= 4 is 33.2 Å². The van der Waals surface area contributed by atoms with Crippen LogP contribution < -0.4 is 14.5 Å². The molecule has 5 heteroatoms. The van der Waals surface area contributed by atoms with Gasteiger partial charge in [0.25, 0.3) is 0 Å². The van der Waals surface area contributed by atoms with Gasteiger partial charge in [-0.25, -0.2) is 4.98 Å². The third kappa shape index (κ3) is 8.96. The van der Waals surface area contributed by atoms with E-state index in [1.165, 1.54) is 50.0 Å². The molecular weight excluding hydrogens is 829 g/mol. The number of hydrogen-bond donors (Lipinski definition) is 0. The number of aromatic nitrogens is 2. The summed E-state index contributed by atoms with van der Waals surface area (Å²) in [5, 5.41) is 2.39. The van der Waals surface area contributed by atoms with Crippen molar-refractivity contribution in [3.8, 4) is 28.4 Å². The Balaban J connectivity index is 1.24. The summed E-state index contributed by atoms with van der Waals surface area (Å²) in [6, 6.07) is 53.2. The van der Waals surface area contributed by atoms with Gasteiger partial charge in [-0.1, -0.05) is 182 Å². The van der Waals surface area contributed by atoms with Crippen molar-refractivity contribution < 1.29 is 4.74 Å². The minimum Gasteiger partial charge on any atom is -0.457 e. The van der Waals surface area contributed by atoms with E-state index in [2.05, 4.69) is 263 Å². The third-order valence-electron chi connectivity index (χ3n) is 13.9. The van der Waals surface area contributed by atoms with Crippen LogP contribution in [0.3, 0.4) is 0 Å². The average Bonchev–Trinajstić information content (AvgIpc) is 3.90. The molecule has 0 spiro atoms. The van der Waals surface area contributed by atoms with Crippen LogP contribution in [-0.2, 0) is 21.7 Å². The number of allylic oxidation sites excluding steroid dienone is 1. The molecule has 6 aromatic carbocycles. The van der Waals surface area contributed by atoms with E-state index in [1.54, 1.807) is 0 Å². The third-order valence-corrected chi connectivity index (χ3v) is 13.9. The molecular formula is C63H70N4O. The van der Waals surface area contributed by atoms with Crippen molar-refractivity contribution in [1.82, 2.24) is 9.55 Å². The predicted octanol–water partition coefficient (Wildman–Crippen LogP) is 17.0. The van der Waals surface area contributed by atoms with Gasteiger partial charge in [0.05, 0.1) is 17.7 Å². The first-order valence-electron chi connectivity index (χ1n) is 24.4. The van der Waals surface area contributed by atoms with Crippen molar-refractivity contribution in [2.45, 2.75) is 119 Å². The van der Waals surface area contributed by atoms with Crippen LogP contribution in [0.25, 0.3) is 38.8 Å². The summed E-state index contributed by atoms with van der Waals surface area (Å²) >= 11 is 0. The second kappa shape index (κ2) is 16.9. The first kappa shape index (κ1) is 46.5. The summed E-state index contributed by atoms with van der Waals surface area (Å²) < 4.78 is 9.67.